The van der Waals surface area contributed by atoms with Crippen molar-refractivity contribution in [2.45, 2.75) is 0 Å². The number of nitro groups is 2. The van der Waals surface area contributed by atoms with E-state index in [2.05, 4.69) is 21.2 Å². The molecule has 0 unspecified atom stereocenters. The molecule has 1 N–H and O–H groups in total. The molecule has 154 valence electrons. The number of benzene rings is 2. The molecule has 31 heavy (non-hydrogen) atoms. The first-order valence-electron chi connectivity index (χ1n) is 8.50. The van der Waals surface area contributed by atoms with Gasteiger partial charge in [0.1, 0.15) is 23.2 Å². The predicted octanol–water partition coefficient (Wildman–Crippen LogP) is 5.07. The van der Waals surface area contributed by atoms with Crippen LogP contribution in [0, 0.1) is 31.6 Å². The molecule has 0 saturated carbocycles. The molecule has 0 aliphatic heterocycles. The van der Waals surface area contributed by atoms with Crippen LogP contribution < -0.4 is 5.32 Å². The smallest absolute Gasteiger partial charge is 0.271 e. The molecular weight excluding hydrogens is 472 g/mol. The first-order valence-corrected chi connectivity index (χ1v) is 9.29. The standard InChI is InChI=1S/C20H11BrN4O6/c21-18-10-15(25(29)30)4-6-17(18)19-7-5-16(31-19)8-12(11-22)20(26)23-13-2-1-3-14(9-13)24(27)28/h1-10H,(H,23,26)/b12-8+. The minimum absolute atomic E-state index is 0.0908. The molecule has 0 radical (unpaired) electrons. The van der Waals surface area contributed by atoms with E-state index in [1.807, 2.05) is 0 Å². The predicted molar refractivity (Wildman–Crippen MR) is 114 cm³/mol. The SMILES string of the molecule is N#C/C(=C\c1ccc(-c2ccc([N+](=O)[O-])cc2Br)o1)C(=O)Nc1cccc([N+](=O)[O-])c1. The molecule has 1 amide bonds. The summed E-state index contributed by atoms with van der Waals surface area (Å²) in [6.07, 6.45) is 1.22. The molecule has 0 fully saturated rings. The Morgan fingerprint density at radius 1 is 1.06 bits per heavy atom. The lowest BCUT2D eigenvalue weighted by atomic mass is 10.1. The molecule has 0 bridgehead atoms. The Balaban J connectivity index is 1.82. The van der Waals surface area contributed by atoms with Gasteiger partial charge in [-0.3, -0.25) is 25.0 Å². The van der Waals surface area contributed by atoms with Crippen molar-refractivity contribution < 1.29 is 19.1 Å². The third-order valence-corrected chi connectivity index (χ3v) is 4.68. The monoisotopic (exact) mass is 482 g/mol. The first kappa shape index (κ1) is 21.4. The maximum atomic E-state index is 12.4. The number of nitrogens with one attached hydrogen (secondary N) is 1. The fourth-order valence-electron chi connectivity index (χ4n) is 2.58. The molecule has 0 spiro atoms. The molecule has 2 aromatic carbocycles. The number of non-ortho nitro benzene ring substituents is 2. The highest BCUT2D eigenvalue weighted by Gasteiger charge is 2.15. The van der Waals surface area contributed by atoms with Crippen molar-refractivity contribution >= 4 is 45.0 Å². The molecule has 3 rings (SSSR count). The first-order chi connectivity index (χ1) is 14.8. The van der Waals surface area contributed by atoms with Gasteiger partial charge in [0.15, 0.2) is 0 Å². The van der Waals surface area contributed by atoms with Crippen LogP contribution in [0.5, 0.6) is 0 Å². The second kappa shape index (κ2) is 9.02. The molecule has 1 aromatic heterocycles. The summed E-state index contributed by atoms with van der Waals surface area (Å²) in [6.45, 7) is 0. The van der Waals surface area contributed by atoms with E-state index >= 15 is 0 Å². The summed E-state index contributed by atoms with van der Waals surface area (Å²) >= 11 is 3.26. The summed E-state index contributed by atoms with van der Waals surface area (Å²) in [6, 6.07) is 14.4. The van der Waals surface area contributed by atoms with Crippen molar-refractivity contribution in [2.75, 3.05) is 5.32 Å². The molecule has 0 aliphatic carbocycles. The number of amides is 1. The van der Waals surface area contributed by atoms with E-state index in [9.17, 15) is 30.3 Å². The maximum Gasteiger partial charge on any atom is 0.271 e. The van der Waals surface area contributed by atoms with E-state index in [1.54, 1.807) is 12.1 Å². The van der Waals surface area contributed by atoms with Crippen LogP contribution in [0.2, 0.25) is 0 Å². The number of hydrogen-bond donors (Lipinski definition) is 1. The van der Waals surface area contributed by atoms with Gasteiger partial charge in [-0.25, -0.2) is 0 Å². The second-order valence-corrected chi connectivity index (χ2v) is 6.91. The van der Waals surface area contributed by atoms with Crippen LogP contribution in [0.1, 0.15) is 5.76 Å². The highest BCUT2D eigenvalue weighted by Crippen LogP contribution is 2.33. The Kier molecular flexibility index (Phi) is 6.23. The Hall–Kier alpha value is -4.30. The van der Waals surface area contributed by atoms with E-state index in [1.165, 1.54) is 54.6 Å². The molecular formula is C20H11BrN4O6. The Bertz CT molecular complexity index is 1270. The van der Waals surface area contributed by atoms with Gasteiger partial charge in [-0.1, -0.05) is 6.07 Å². The number of carbonyl (C=O) groups is 1. The van der Waals surface area contributed by atoms with Gasteiger partial charge in [0.05, 0.1) is 9.85 Å². The number of nitro benzene ring substituents is 2. The van der Waals surface area contributed by atoms with Crippen molar-refractivity contribution in [1.82, 2.24) is 0 Å². The average molecular weight is 483 g/mol. The Morgan fingerprint density at radius 2 is 1.77 bits per heavy atom. The maximum absolute atomic E-state index is 12.4. The lowest BCUT2D eigenvalue weighted by molar-refractivity contribution is -0.385. The van der Waals surface area contributed by atoms with Gasteiger partial charge >= 0.3 is 0 Å². The average Bonchev–Trinajstić information content (AvgIpc) is 3.20. The molecule has 0 aliphatic rings. The summed E-state index contributed by atoms with van der Waals surface area (Å²) in [5, 5.41) is 33.5. The van der Waals surface area contributed by atoms with Crippen molar-refractivity contribution in [3.63, 3.8) is 0 Å². The summed E-state index contributed by atoms with van der Waals surface area (Å²) in [4.78, 5) is 33.0. The zero-order valence-corrected chi connectivity index (χ0v) is 17.0. The van der Waals surface area contributed by atoms with Crippen molar-refractivity contribution in [3.05, 3.63) is 90.6 Å². The van der Waals surface area contributed by atoms with Gasteiger partial charge in [0.2, 0.25) is 0 Å². The van der Waals surface area contributed by atoms with Crippen molar-refractivity contribution in [2.24, 2.45) is 0 Å². The van der Waals surface area contributed by atoms with Crippen LogP contribution >= 0.6 is 15.9 Å². The third-order valence-electron chi connectivity index (χ3n) is 4.02. The number of carbonyl (C=O) groups excluding carboxylic acids is 1. The zero-order valence-electron chi connectivity index (χ0n) is 15.4. The second-order valence-electron chi connectivity index (χ2n) is 6.05. The van der Waals surface area contributed by atoms with Crippen LogP contribution in [-0.2, 0) is 4.79 Å². The summed E-state index contributed by atoms with van der Waals surface area (Å²) in [7, 11) is 0. The molecule has 1 heterocycles. The lowest BCUT2D eigenvalue weighted by Gasteiger charge is -2.04. The normalized spacial score (nSPS) is 10.9. The van der Waals surface area contributed by atoms with E-state index in [4.69, 9.17) is 4.42 Å². The molecule has 11 heteroatoms. The van der Waals surface area contributed by atoms with Crippen LogP contribution in [0.15, 0.2) is 69.1 Å². The zero-order chi connectivity index (χ0) is 22.5. The van der Waals surface area contributed by atoms with Crippen molar-refractivity contribution in [1.29, 1.82) is 5.26 Å². The van der Waals surface area contributed by atoms with Gasteiger partial charge in [0.25, 0.3) is 17.3 Å². The van der Waals surface area contributed by atoms with Gasteiger partial charge in [-0.15, -0.1) is 0 Å². The van der Waals surface area contributed by atoms with Crippen LogP contribution in [0.4, 0.5) is 17.1 Å². The topological polar surface area (TPSA) is 152 Å². The third kappa shape index (κ3) is 5.01. The fraction of sp³-hybridized carbons (Fsp3) is 0. The van der Waals surface area contributed by atoms with Crippen LogP contribution in [0.25, 0.3) is 17.4 Å². The van der Waals surface area contributed by atoms with E-state index < -0.39 is 15.8 Å². The van der Waals surface area contributed by atoms with Gasteiger partial charge in [-0.05, 0) is 40.2 Å². The quantitative estimate of drug-likeness (QED) is 0.222. The summed E-state index contributed by atoms with van der Waals surface area (Å²) in [5.74, 6) is -0.201. The number of halogens is 1. The number of anilines is 1. The van der Waals surface area contributed by atoms with Gasteiger partial charge < -0.3 is 9.73 Å². The number of nitriles is 1. The number of hydrogen-bond acceptors (Lipinski definition) is 7. The minimum atomic E-state index is -0.766. The number of rotatable bonds is 6. The molecule has 0 saturated heterocycles. The van der Waals surface area contributed by atoms with Gasteiger partial charge in [0, 0.05) is 46.1 Å². The molecule has 10 nitrogen and oxygen atoms in total. The van der Waals surface area contributed by atoms with E-state index in [0.29, 0.717) is 15.8 Å². The number of furan rings is 1. The van der Waals surface area contributed by atoms with Gasteiger partial charge in [-0.2, -0.15) is 5.26 Å². The highest BCUT2D eigenvalue weighted by molar-refractivity contribution is 9.10. The van der Waals surface area contributed by atoms with Crippen LogP contribution in [0.3, 0.4) is 0 Å². The Labute approximate surface area is 182 Å². The highest BCUT2D eigenvalue weighted by atomic mass is 79.9. The number of nitrogens with zero attached hydrogens (tertiary/aromatic N) is 3. The fourth-order valence-corrected chi connectivity index (χ4v) is 3.14. The summed E-state index contributed by atoms with van der Waals surface area (Å²) in [5.41, 5.74) is 0.131. The molecule has 0 atom stereocenters. The van der Waals surface area contributed by atoms with Crippen LogP contribution in [-0.4, -0.2) is 15.8 Å². The molecule has 3 aromatic rings. The van der Waals surface area contributed by atoms with Crippen molar-refractivity contribution in [3.8, 4) is 17.4 Å². The Morgan fingerprint density at radius 3 is 2.42 bits per heavy atom. The van der Waals surface area contributed by atoms with E-state index in [-0.39, 0.29) is 28.4 Å². The lowest BCUT2D eigenvalue weighted by Crippen LogP contribution is -2.13. The summed E-state index contributed by atoms with van der Waals surface area (Å²) < 4.78 is 6.08. The minimum Gasteiger partial charge on any atom is -0.457 e. The largest absolute Gasteiger partial charge is 0.457 e. The van der Waals surface area contributed by atoms with E-state index in [0.717, 1.165) is 0 Å².